The summed E-state index contributed by atoms with van der Waals surface area (Å²) in [6.45, 7) is 1.75. The van der Waals surface area contributed by atoms with Crippen LogP contribution in [-0.4, -0.2) is 65.8 Å². The first-order valence-electron chi connectivity index (χ1n) is 10.4. The van der Waals surface area contributed by atoms with Gasteiger partial charge in [-0.1, -0.05) is 0 Å². The molecule has 32 heavy (non-hydrogen) atoms. The summed E-state index contributed by atoms with van der Waals surface area (Å²) in [7, 11) is 1.88. The van der Waals surface area contributed by atoms with Gasteiger partial charge in [-0.2, -0.15) is 0 Å². The number of pyridine rings is 1. The molecule has 9 heteroatoms. The maximum Gasteiger partial charge on any atom is 0.255 e. The summed E-state index contributed by atoms with van der Waals surface area (Å²) >= 11 is 0. The molecule has 1 aliphatic heterocycles. The van der Waals surface area contributed by atoms with Crippen molar-refractivity contribution >= 4 is 23.2 Å². The molecule has 7 nitrogen and oxygen atoms in total. The molecule has 0 bridgehead atoms. The summed E-state index contributed by atoms with van der Waals surface area (Å²) < 4.78 is 28.4. The average Bonchev–Trinajstić information content (AvgIpc) is 3.23. The van der Waals surface area contributed by atoms with Crippen LogP contribution in [0.4, 0.5) is 8.78 Å². The van der Waals surface area contributed by atoms with Gasteiger partial charge >= 0.3 is 0 Å². The SMILES string of the molecule is CNCCN.O=Cc1ccc(-n2ccc3cc(C(=O)N4CCC(F)(F)CC4)cnc32)cc1. The molecule has 2 aromatic heterocycles. The largest absolute Gasteiger partial charge is 0.338 e. The van der Waals surface area contributed by atoms with Crippen LogP contribution in [0.3, 0.4) is 0 Å². The number of benzene rings is 1. The van der Waals surface area contributed by atoms with E-state index in [4.69, 9.17) is 5.73 Å². The van der Waals surface area contributed by atoms with Crippen molar-refractivity contribution in [1.29, 1.82) is 0 Å². The van der Waals surface area contributed by atoms with Crippen LogP contribution in [0.15, 0.2) is 48.8 Å². The van der Waals surface area contributed by atoms with Crippen LogP contribution in [0.2, 0.25) is 0 Å². The zero-order valence-electron chi connectivity index (χ0n) is 17.9. The van der Waals surface area contributed by atoms with Crippen molar-refractivity contribution in [3.8, 4) is 5.69 Å². The quantitative estimate of drug-likeness (QED) is 0.592. The van der Waals surface area contributed by atoms with Crippen LogP contribution in [0.25, 0.3) is 16.7 Å². The lowest BCUT2D eigenvalue weighted by atomic mass is 10.1. The normalized spacial score (nSPS) is 15.2. The van der Waals surface area contributed by atoms with Crippen molar-refractivity contribution in [2.45, 2.75) is 18.8 Å². The van der Waals surface area contributed by atoms with E-state index in [1.54, 1.807) is 18.2 Å². The summed E-state index contributed by atoms with van der Waals surface area (Å²) in [5.74, 6) is -2.96. The molecule has 0 saturated carbocycles. The van der Waals surface area contributed by atoms with Gasteiger partial charge in [0.2, 0.25) is 0 Å². The van der Waals surface area contributed by atoms with E-state index in [2.05, 4.69) is 10.3 Å². The summed E-state index contributed by atoms with van der Waals surface area (Å²) in [6.07, 6.45) is 3.49. The first-order valence-corrected chi connectivity index (χ1v) is 10.4. The number of rotatable bonds is 5. The van der Waals surface area contributed by atoms with Gasteiger partial charge in [0.25, 0.3) is 11.8 Å². The molecule has 3 N–H and O–H groups in total. The molecular formula is C23H27F2N5O2. The topological polar surface area (TPSA) is 93.2 Å². The highest BCUT2D eigenvalue weighted by atomic mass is 19.3. The number of nitrogens with two attached hydrogens (primary N) is 1. The molecule has 0 radical (unpaired) electrons. The minimum absolute atomic E-state index is 0.0496. The highest BCUT2D eigenvalue weighted by Gasteiger charge is 2.35. The molecule has 1 aliphatic rings. The Morgan fingerprint density at radius 1 is 1.22 bits per heavy atom. The molecule has 0 atom stereocenters. The third-order valence-electron chi connectivity index (χ3n) is 5.26. The fourth-order valence-corrected chi connectivity index (χ4v) is 3.43. The van der Waals surface area contributed by atoms with Gasteiger partial charge in [-0.05, 0) is 43.4 Å². The lowest BCUT2D eigenvalue weighted by Gasteiger charge is -2.31. The van der Waals surface area contributed by atoms with Gasteiger partial charge in [0.15, 0.2) is 0 Å². The Bertz CT molecular complexity index is 1050. The molecule has 1 aromatic carbocycles. The van der Waals surface area contributed by atoms with Gasteiger partial charge in [0.05, 0.1) is 5.56 Å². The Hall–Kier alpha value is -3.17. The van der Waals surface area contributed by atoms with Gasteiger partial charge in [0, 0.05) is 68.1 Å². The van der Waals surface area contributed by atoms with Crippen LogP contribution in [-0.2, 0) is 0 Å². The molecule has 3 heterocycles. The molecule has 0 unspecified atom stereocenters. The number of carbonyl (C=O) groups excluding carboxylic acids is 2. The van der Waals surface area contributed by atoms with Crippen LogP contribution < -0.4 is 11.1 Å². The number of nitrogens with zero attached hydrogens (tertiary/aromatic N) is 3. The van der Waals surface area contributed by atoms with Gasteiger partial charge < -0.3 is 20.5 Å². The van der Waals surface area contributed by atoms with Crippen LogP contribution in [0, 0.1) is 0 Å². The van der Waals surface area contributed by atoms with Crippen LogP contribution in [0.1, 0.15) is 33.6 Å². The molecule has 0 aliphatic carbocycles. The maximum absolute atomic E-state index is 13.3. The molecule has 1 fully saturated rings. The number of fused-ring (bicyclic) bond motifs is 1. The lowest BCUT2D eigenvalue weighted by Crippen LogP contribution is -2.42. The van der Waals surface area contributed by atoms with Crippen molar-refractivity contribution in [2.75, 3.05) is 33.2 Å². The van der Waals surface area contributed by atoms with Crippen LogP contribution >= 0.6 is 0 Å². The molecule has 0 spiro atoms. The van der Waals surface area contributed by atoms with E-state index in [-0.39, 0.29) is 31.8 Å². The van der Waals surface area contributed by atoms with Gasteiger partial charge in [-0.25, -0.2) is 13.8 Å². The fraction of sp³-hybridized carbons (Fsp3) is 0.348. The Morgan fingerprint density at radius 2 is 1.91 bits per heavy atom. The summed E-state index contributed by atoms with van der Waals surface area (Å²) in [6, 6.07) is 10.6. The number of likely N-dealkylation sites (tertiary alicyclic amines) is 1. The highest BCUT2D eigenvalue weighted by molar-refractivity contribution is 5.97. The van der Waals surface area contributed by atoms with Gasteiger partial charge in [0.1, 0.15) is 11.9 Å². The summed E-state index contributed by atoms with van der Waals surface area (Å²) in [5, 5.41) is 3.67. The second-order valence-corrected chi connectivity index (χ2v) is 7.57. The molecule has 1 amide bonds. The Morgan fingerprint density at radius 3 is 2.47 bits per heavy atom. The standard InChI is InChI=1S/C20H17F2N3O2.C3H10N2/c21-20(22)6-9-24(10-7-20)19(27)16-11-15-5-8-25(18(15)23-12-16)17-3-1-14(13-26)2-4-17;1-5-3-2-4/h1-5,8,11-13H,6-7,9-10H2;5H,2-4H2,1H3. The number of piperidine rings is 1. The smallest absolute Gasteiger partial charge is 0.255 e. The van der Waals surface area contributed by atoms with E-state index in [0.717, 1.165) is 30.4 Å². The van der Waals surface area contributed by atoms with Crippen LogP contribution in [0.5, 0.6) is 0 Å². The molecule has 170 valence electrons. The van der Waals surface area contributed by atoms with E-state index in [1.165, 1.54) is 11.1 Å². The Kier molecular flexibility index (Phi) is 7.66. The molecule has 1 saturated heterocycles. The van der Waals surface area contributed by atoms with E-state index < -0.39 is 5.92 Å². The van der Waals surface area contributed by atoms with E-state index >= 15 is 0 Å². The molecule has 4 rings (SSSR count). The van der Waals surface area contributed by atoms with Crippen molar-refractivity contribution < 1.29 is 18.4 Å². The number of aromatic nitrogens is 2. The average molecular weight is 443 g/mol. The number of nitrogens with one attached hydrogen (secondary N) is 1. The predicted molar refractivity (Wildman–Crippen MR) is 120 cm³/mol. The summed E-state index contributed by atoms with van der Waals surface area (Å²) in [4.78, 5) is 29.2. The monoisotopic (exact) mass is 443 g/mol. The minimum Gasteiger partial charge on any atom is -0.338 e. The van der Waals surface area contributed by atoms with Crippen molar-refractivity contribution in [2.24, 2.45) is 5.73 Å². The zero-order valence-corrected chi connectivity index (χ0v) is 17.9. The van der Waals surface area contributed by atoms with Crippen molar-refractivity contribution in [3.05, 3.63) is 59.9 Å². The second-order valence-electron chi connectivity index (χ2n) is 7.57. The van der Waals surface area contributed by atoms with E-state index in [9.17, 15) is 18.4 Å². The highest BCUT2D eigenvalue weighted by Crippen LogP contribution is 2.28. The maximum atomic E-state index is 13.3. The number of hydrogen-bond donors (Lipinski definition) is 2. The fourth-order valence-electron chi connectivity index (χ4n) is 3.43. The number of halogens is 2. The third kappa shape index (κ3) is 5.54. The third-order valence-corrected chi connectivity index (χ3v) is 5.26. The number of amides is 1. The van der Waals surface area contributed by atoms with Crippen molar-refractivity contribution in [3.63, 3.8) is 0 Å². The van der Waals surface area contributed by atoms with E-state index in [0.29, 0.717) is 16.8 Å². The summed E-state index contributed by atoms with van der Waals surface area (Å²) in [5.41, 5.74) is 7.58. The van der Waals surface area contributed by atoms with Crippen molar-refractivity contribution in [1.82, 2.24) is 19.8 Å². The zero-order chi connectivity index (χ0) is 23.1. The van der Waals surface area contributed by atoms with Gasteiger partial charge in [-0.15, -0.1) is 0 Å². The Balaban J connectivity index is 0.000000523. The number of alkyl halides is 2. The lowest BCUT2D eigenvalue weighted by molar-refractivity contribution is -0.0494. The number of likely N-dealkylation sites (N-methyl/N-ethyl adjacent to an activating group) is 1. The number of carbonyl (C=O) groups is 2. The van der Waals surface area contributed by atoms with E-state index in [1.807, 2.05) is 36.0 Å². The predicted octanol–water partition coefficient (Wildman–Crippen LogP) is 2.87. The number of hydrogen-bond acceptors (Lipinski definition) is 5. The Labute approximate surface area is 185 Å². The van der Waals surface area contributed by atoms with Gasteiger partial charge in [-0.3, -0.25) is 9.59 Å². The molecular weight excluding hydrogens is 416 g/mol. The minimum atomic E-state index is -2.68. The number of aldehydes is 1. The first-order chi connectivity index (χ1) is 15.4. The second kappa shape index (κ2) is 10.4. The molecule has 3 aromatic rings. The first kappa shape index (κ1) is 23.5.